The van der Waals surface area contributed by atoms with E-state index in [1.54, 1.807) is 0 Å². The number of carboxylic acid groups (broad SMARTS) is 1. The fourth-order valence-electron chi connectivity index (χ4n) is 7.15. The van der Waals surface area contributed by atoms with E-state index >= 15 is 0 Å². The number of hydrogen-bond donors (Lipinski definition) is 2. The lowest BCUT2D eigenvalue weighted by atomic mass is 9.95. The van der Waals surface area contributed by atoms with Crippen LogP contribution >= 0.6 is 11.6 Å². The molecule has 2 fully saturated rings. The van der Waals surface area contributed by atoms with Crippen molar-refractivity contribution in [3.63, 3.8) is 0 Å². The molecule has 2 N–H and O–H groups in total. The van der Waals surface area contributed by atoms with E-state index in [0.717, 1.165) is 66.0 Å². The van der Waals surface area contributed by atoms with Crippen molar-refractivity contribution >= 4 is 34.4 Å². The summed E-state index contributed by atoms with van der Waals surface area (Å²) >= 11 is 7.14. The molecule has 2 aliphatic heterocycles. The number of halogens is 1. The summed E-state index contributed by atoms with van der Waals surface area (Å²) in [5, 5.41) is 29.5. The first-order valence-corrected chi connectivity index (χ1v) is 16.5. The lowest BCUT2D eigenvalue weighted by Crippen LogP contribution is -2.46. The summed E-state index contributed by atoms with van der Waals surface area (Å²) in [6.45, 7) is 9.57. The molecule has 240 valence electrons. The minimum absolute atomic E-state index is 0.180. The van der Waals surface area contributed by atoms with E-state index in [1.165, 1.54) is 0 Å². The first kappa shape index (κ1) is 32.0. The van der Waals surface area contributed by atoms with Crippen LogP contribution in [0.15, 0.2) is 52.9 Å². The number of carboxylic acids is 1. The van der Waals surface area contributed by atoms with Crippen LogP contribution in [0.1, 0.15) is 42.9 Å². The molecule has 1 aromatic heterocycles. The molecule has 4 aromatic rings. The van der Waals surface area contributed by atoms with Gasteiger partial charge in [0.25, 0.3) is 0 Å². The Kier molecular flexibility index (Phi) is 9.62. The quantitative estimate of drug-likeness (QED) is 0.209. The highest BCUT2D eigenvalue weighted by atomic mass is 35.5. The van der Waals surface area contributed by atoms with Gasteiger partial charge in [0.1, 0.15) is 11.6 Å². The third-order valence-corrected chi connectivity index (χ3v) is 10.0. The minimum Gasteiger partial charge on any atom is -0.481 e. The van der Waals surface area contributed by atoms with Crippen LogP contribution in [0.5, 0.6) is 0 Å². The second-order valence-corrected chi connectivity index (χ2v) is 12.7. The molecule has 0 bridgehead atoms. The summed E-state index contributed by atoms with van der Waals surface area (Å²) in [5.41, 5.74) is 7.12. The van der Waals surface area contributed by atoms with E-state index in [1.807, 2.05) is 37.3 Å². The summed E-state index contributed by atoms with van der Waals surface area (Å²) in [7, 11) is 0. The molecule has 1 atom stereocenters. The number of hydrogen-bond acceptors (Lipinski definition) is 8. The number of carbonyl (C=O) groups is 1. The summed E-state index contributed by atoms with van der Waals surface area (Å²) in [6, 6.07) is 18.7. The van der Waals surface area contributed by atoms with E-state index < -0.39 is 5.97 Å². The van der Waals surface area contributed by atoms with Crippen LogP contribution in [0.4, 0.5) is 5.69 Å². The lowest BCUT2D eigenvalue weighted by molar-refractivity contribution is -0.141. The van der Waals surface area contributed by atoms with Gasteiger partial charge < -0.3 is 19.5 Å². The Labute approximate surface area is 274 Å². The van der Waals surface area contributed by atoms with Gasteiger partial charge in [0.2, 0.25) is 5.89 Å². The lowest BCUT2D eigenvalue weighted by Gasteiger charge is -2.39. The Balaban J connectivity index is 1.26. The number of anilines is 1. The maximum absolute atomic E-state index is 11.4. The first-order valence-electron chi connectivity index (χ1n) is 16.1. The van der Waals surface area contributed by atoms with Gasteiger partial charge in [0.05, 0.1) is 28.8 Å². The largest absolute Gasteiger partial charge is 0.481 e. The molecule has 0 saturated carbocycles. The molecule has 0 aliphatic carbocycles. The summed E-state index contributed by atoms with van der Waals surface area (Å²) in [4.78, 5) is 23.1. The van der Waals surface area contributed by atoms with E-state index in [-0.39, 0.29) is 12.5 Å². The Morgan fingerprint density at radius 3 is 2.54 bits per heavy atom. The second-order valence-electron chi connectivity index (χ2n) is 12.4. The SMILES string of the molecule is CCN(CCO)C1CCN(c2cccc(-c3cccc(-c4nc5cc(CN6CCC(C(=O)O)C6)cc(C#N)c5o4)c3C)c2Cl)CC1. The monoisotopic (exact) mass is 641 g/mol. The highest BCUT2D eigenvalue weighted by Crippen LogP contribution is 2.41. The number of nitriles is 1. The Hall–Kier alpha value is -3.94. The number of likely N-dealkylation sites (tertiary alicyclic amines) is 1. The highest BCUT2D eigenvalue weighted by molar-refractivity contribution is 6.36. The molecule has 0 amide bonds. The van der Waals surface area contributed by atoms with Crippen LogP contribution in [0.25, 0.3) is 33.7 Å². The molecule has 6 rings (SSSR count). The number of rotatable bonds is 10. The van der Waals surface area contributed by atoms with Crippen molar-refractivity contribution < 1.29 is 19.4 Å². The van der Waals surface area contributed by atoms with E-state index in [0.29, 0.717) is 66.2 Å². The predicted octanol–water partition coefficient (Wildman–Crippen LogP) is 6.18. The summed E-state index contributed by atoms with van der Waals surface area (Å²) in [6.07, 6.45) is 2.67. The number of aliphatic hydroxyl groups excluding tert-OH is 1. The van der Waals surface area contributed by atoms with Crippen LogP contribution in [0.3, 0.4) is 0 Å². The molecule has 3 aromatic carbocycles. The molecule has 2 aliphatic rings. The van der Waals surface area contributed by atoms with Crippen LogP contribution in [0.2, 0.25) is 5.02 Å². The van der Waals surface area contributed by atoms with Gasteiger partial charge in [-0.15, -0.1) is 0 Å². The van der Waals surface area contributed by atoms with E-state index in [4.69, 9.17) is 21.0 Å². The van der Waals surface area contributed by atoms with Gasteiger partial charge in [0, 0.05) is 49.9 Å². The zero-order chi connectivity index (χ0) is 32.4. The standard InChI is InChI=1S/C36H40ClN5O4/c1-3-41(16-17-43)27-11-14-42(15-12-27)32-9-5-8-30(33(32)37)28-6-4-7-29(23(28)2)35-39-31-19-24(18-26(20-38)34(31)46-35)21-40-13-10-25(22-40)36(44)45/h4-9,18-19,25,27,43H,3,10-17,21-22H2,1-2H3,(H,44,45). The van der Waals surface area contributed by atoms with Crippen molar-refractivity contribution in [1.29, 1.82) is 5.26 Å². The number of aromatic nitrogens is 1. The number of benzene rings is 3. The Morgan fingerprint density at radius 2 is 1.85 bits per heavy atom. The van der Waals surface area contributed by atoms with Gasteiger partial charge in [0.15, 0.2) is 5.58 Å². The van der Waals surface area contributed by atoms with Crippen molar-refractivity contribution in [3.05, 3.63) is 70.2 Å². The van der Waals surface area contributed by atoms with Crippen molar-refractivity contribution in [2.24, 2.45) is 5.92 Å². The average molecular weight is 642 g/mol. The number of likely N-dealkylation sites (N-methyl/N-ethyl adjacent to an activating group) is 1. The number of nitrogens with zero attached hydrogens (tertiary/aromatic N) is 5. The number of fused-ring (bicyclic) bond motifs is 1. The molecular formula is C36H40ClN5O4. The minimum atomic E-state index is -0.763. The molecule has 0 radical (unpaired) electrons. The van der Waals surface area contributed by atoms with Crippen molar-refractivity contribution in [2.45, 2.75) is 45.7 Å². The van der Waals surface area contributed by atoms with Crippen molar-refractivity contribution in [2.75, 3.05) is 50.8 Å². The maximum Gasteiger partial charge on any atom is 0.307 e. The zero-order valence-corrected chi connectivity index (χ0v) is 27.1. The zero-order valence-electron chi connectivity index (χ0n) is 26.4. The molecule has 46 heavy (non-hydrogen) atoms. The van der Waals surface area contributed by atoms with Crippen molar-refractivity contribution in [1.82, 2.24) is 14.8 Å². The normalized spacial score (nSPS) is 17.7. The van der Waals surface area contributed by atoms with Gasteiger partial charge in [-0.3, -0.25) is 14.6 Å². The maximum atomic E-state index is 11.4. The van der Waals surface area contributed by atoms with Gasteiger partial charge in [-0.05, 0) is 80.2 Å². The topological polar surface area (TPSA) is 117 Å². The van der Waals surface area contributed by atoms with Crippen LogP contribution < -0.4 is 4.90 Å². The molecule has 0 spiro atoms. The molecule has 10 heteroatoms. The molecule has 9 nitrogen and oxygen atoms in total. The third-order valence-electron chi connectivity index (χ3n) is 9.65. The van der Waals surface area contributed by atoms with Crippen LogP contribution in [0, 0.1) is 24.2 Å². The van der Waals surface area contributed by atoms with Crippen LogP contribution in [-0.2, 0) is 11.3 Å². The molecule has 1 unspecified atom stereocenters. The molecule has 2 saturated heterocycles. The fraction of sp³-hybridized carbons (Fsp3) is 0.417. The highest BCUT2D eigenvalue weighted by Gasteiger charge is 2.29. The van der Waals surface area contributed by atoms with Gasteiger partial charge in [-0.1, -0.05) is 42.8 Å². The second kappa shape index (κ2) is 13.8. The van der Waals surface area contributed by atoms with Crippen molar-refractivity contribution in [3.8, 4) is 28.7 Å². The predicted molar refractivity (Wildman–Crippen MR) is 180 cm³/mol. The third kappa shape index (κ3) is 6.36. The van der Waals surface area contributed by atoms with Crippen LogP contribution in [-0.4, -0.2) is 82.9 Å². The fourth-order valence-corrected chi connectivity index (χ4v) is 7.49. The number of oxazole rings is 1. The average Bonchev–Trinajstić information content (AvgIpc) is 3.71. The Morgan fingerprint density at radius 1 is 1.11 bits per heavy atom. The van der Waals surface area contributed by atoms with Gasteiger partial charge in [-0.2, -0.15) is 5.26 Å². The summed E-state index contributed by atoms with van der Waals surface area (Å²) in [5.74, 6) is -0.683. The number of aliphatic carboxylic acids is 1. The first-order chi connectivity index (χ1) is 22.3. The van der Waals surface area contributed by atoms with E-state index in [9.17, 15) is 20.3 Å². The Bertz CT molecular complexity index is 1770. The van der Waals surface area contributed by atoms with Gasteiger partial charge >= 0.3 is 5.97 Å². The molecular weight excluding hydrogens is 602 g/mol. The number of piperidine rings is 1. The molecule has 3 heterocycles. The van der Waals surface area contributed by atoms with E-state index in [2.05, 4.69) is 45.9 Å². The van der Waals surface area contributed by atoms with Gasteiger partial charge in [-0.25, -0.2) is 4.98 Å². The smallest absolute Gasteiger partial charge is 0.307 e. The summed E-state index contributed by atoms with van der Waals surface area (Å²) < 4.78 is 6.24. The number of aliphatic hydroxyl groups is 1.